The number of benzene rings is 3. The lowest BCUT2D eigenvalue weighted by atomic mass is 9.64. The SMILES string of the molecule is CC1=CC2N(c3ccccc31)C(C(=O)c1ccc(Cl)cc1)C(C(=O)c1cccnc1)C21C(=O)Nc2ccccc21. The molecule has 3 aromatic carbocycles. The summed E-state index contributed by atoms with van der Waals surface area (Å²) >= 11 is 6.16. The molecule has 1 aromatic heterocycles. The van der Waals surface area contributed by atoms with Crippen molar-refractivity contribution >= 4 is 46.0 Å². The van der Waals surface area contributed by atoms with Crippen LogP contribution >= 0.6 is 11.6 Å². The van der Waals surface area contributed by atoms with Gasteiger partial charge < -0.3 is 10.2 Å². The van der Waals surface area contributed by atoms with Crippen LogP contribution in [0.4, 0.5) is 11.4 Å². The number of Topliss-reactive ketones (excluding diaryl/α,β-unsaturated/α-hetero) is 2. The van der Waals surface area contributed by atoms with Crippen LogP contribution in [0.15, 0.2) is 103 Å². The number of hydrogen-bond acceptors (Lipinski definition) is 5. The molecule has 4 atom stereocenters. The van der Waals surface area contributed by atoms with Gasteiger partial charge in [-0.2, -0.15) is 0 Å². The van der Waals surface area contributed by atoms with Gasteiger partial charge >= 0.3 is 0 Å². The Bertz CT molecular complexity index is 1730. The fourth-order valence-electron chi connectivity index (χ4n) is 6.86. The van der Waals surface area contributed by atoms with Crippen molar-refractivity contribution in [3.63, 3.8) is 0 Å². The molecule has 40 heavy (non-hydrogen) atoms. The van der Waals surface area contributed by atoms with Crippen LogP contribution in [0, 0.1) is 5.92 Å². The second-order valence-corrected chi connectivity index (χ2v) is 10.9. The Kier molecular flexibility index (Phi) is 5.51. The number of ketones is 2. The maximum atomic E-state index is 14.7. The number of pyridine rings is 1. The van der Waals surface area contributed by atoms with Gasteiger partial charge in [-0.3, -0.25) is 19.4 Å². The van der Waals surface area contributed by atoms with Crippen LogP contribution in [-0.4, -0.2) is 34.5 Å². The van der Waals surface area contributed by atoms with Gasteiger partial charge in [-0.15, -0.1) is 0 Å². The van der Waals surface area contributed by atoms with Gasteiger partial charge in [0.05, 0.1) is 12.0 Å². The zero-order valence-corrected chi connectivity index (χ0v) is 22.3. The third-order valence-electron chi connectivity index (χ3n) is 8.51. The van der Waals surface area contributed by atoms with E-state index in [0.29, 0.717) is 27.4 Å². The van der Waals surface area contributed by atoms with E-state index in [-0.39, 0.29) is 17.5 Å². The highest BCUT2D eigenvalue weighted by Gasteiger charge is 2.70. The van der Waals surface area contributed by atoms with Crippen LogP contribution in [0.3, 0.4) is 0 Å². The van der Waals surface area contributed by atoms with Crippen molar-refractivity contribution in [2.24, 2.45) is 5.92 Å². The molecule has 196 valence electrons. The summed E-state index contributed by atoms with van der Waals surface area (Å²) in [5.74, 6) is -1.88. The number of carbonyl (C=O) groups is 3. The summed E-state index contributed by atoms with van der Waals surface area (Å²) in [5.41, 5.74) is 3.55. The highest BCUT2D eigenvalue weighted by atomic mass is 35.5. The molecule has 1 amide bonds. The molecule has 4 heterocycles. The molecule has 1 spiro atoms. The summed E-state index contributed by atoms with van der Waals surface area (Å²) in [5, 5.41) is 3.56. The summed E-state index contributed by atoms with van der Waals surface area (Å²) < 4.78 is 0. The molecule has 3 aliphatic heterocycles. The molecule has 3 aliphatic rings. The molecule has 6 nitrogen and oxygen atoms in total. The van der Waals surface area contributed by atoms with Gasteiger partial charge in [-0.25, -0.2) is 0 Å². The number of anilines is 2. The number of halogens is 1. The van der Waals surface area contributed by atoms with Gasteiger partial charge in [-0.1, -0.05) is 54.1 Å². The van der Waals surface area contributed by atoms with Crippen LogP contribution in [0.5, 0.6) is 0 Å². The van der Waals surface area contributed by atoms with Crippen molar-refractivity contribution in [2.75, 3.05) is 10.2 Å². The van der Waals surface area contributed by atoms with E-state index >= 15 is 0 Å². The molecule has 1 fully saturated rings. The molecule has 7 rings (SSSR count). The Morgan fingerprint density at radius 3 is 2.42 bits per heavy atom. The lowest BCUT2D eigenvalue weighted by molar-refractivity contribution is -0.121. The van der Waals surface area contributed by atoms with E-state index in [1.807, 2.05) is 66.4 Å². The Hall–Kier alpha value is -4.55. The van der Waals surface area contributed by atoms with E-state index in [4.69, 9.17) is 11.6 Å². The largest absolute Gasteiger partial charge is 0.352 e. The minimum absolute atomic E-state index is 0.249. The van der Waals surface area contributed by atoms with Gasteiger partial charge in [0, 0.05) is 45.5 Å². The molecule has 7 heteroatoms. The predicted molar refractivity (Wildman–Crippen MR) is 155 cm³/mol. The third-order valence-corrected chi connectivity index (χ3v) is 8.76. The molecule has 1 saturated heterocycles. The summed E-state index contributed by atoms with van der Waals surface area (Å²) in [4.78, 5) is 49.8. The van der Waals surface area contributed by atoms with Gasteiger partial charge in [0.25, 0.3) is 0 Å². The van der Waals surface area contributed by atoms with Crippen molar-refractivity contribution < 1.29 is 14.4 Å². The number of amides is 1. The molecule has 0 aliphatic carbocycles. The summed E-state index contributed by atoms with van der Waals surface area (Å²) in [6.07, 6.45) is 5.15. The fourth-order valence-corrected chi connectivity index (χ4v) is 6.99. The van der Waals surface area contributed by atoms with Crippen molar-refractivity contribution in [1.29, 1.82) is 0 Å². The summed E-state index contributed by atoms with van der Waals surface area (Å²) in [6.45, 7) is 2.01. The maximum Gasteiger partial charge on any atom is 0.238 e. The Morgan fingerprint density at radius 2 is 1.65 bits per heavy atom. The van der Waals surface area contributed by atoms with Crippen LogP contribution in [-0.2, 0) is 10.2 Å². The average molecular weight is 546 g/mol. The zero-order valence-electron chi connectivity index (χ0n) is 21.5. The number of para-hydroxylation sites is 2. The molecular formula is C33H24ClN3O3. The maximum absolute atomic E-state index is 14.7. The Balaban J connectivity index is 1.56. The number of carbonyl (C=O) groups excluding carboxylic acids is 3. The molecule has 0 saturated carbocycles. The first kappa shape index (κ1) is 24.5. The van der Waals surface area contributed by atoms with Gasteiger partial charge in [-0.05, 0) is 66.6 Å². The first-order chi connectivity index (χ1) is 19.4. The van der Waals surface area contributed by atoms with Crippen molar-refractivity contribution in [1.82, 2.24) is 4.98 Å². The highest BCUT2D eigenvalue weighted by Crippen LogP contribution is 2.58. The second-order valence-electron chi connectivity index (χ2n) is 10.5. The first-order valence-corrected chi connectivity index (χ1v) is 13.5. The van der Waals surface area contributed by atoms with E-state index in [2.05, 4.69) is 10.3 Å². The monoisotopic (exact) mass is 545 g/mol. The molecule has 1 N–H and O–H groups in total. The number of aromatic nitrogens is 1. The Labute approximate surface area is 236 Å². The van der Waals surface area contributed by atoms with Crippen molar-refractivity contribution in [3.8, 4) is 0 Å². The normalized spacial score (nSPS) is 24.1. The van der Waals surface area contributed by atoms with Crippen LogP contribution in [0.2, 0.25) is 5.02 Å². The third kappa shape index (κ3) is 3.29. The van der Waals surface area contributed by atoms with Gasteiger partial charge in [0.15, 0.2) is 11.6 Å². The van der Waals surface area contributed by atoms with Crippen molar-refractivity contribution in [3.05, 3.63) is 131 Å². The average Bonchev–Trinajstić information content (AvgIpc) is 3.45. The van der Waals surface area contributed by atoms with E-state index in [9.17, 15) is 14.4 Å². The standard InChI is InChI=1S/C33H24ClN3O3/c1-19-17-27-33(24-9-3-4-10-25(24)36-32(33)40)28(30(38)21-7-6-16-35-18-21)29(31(39)20-12-14-22(34)15-13-20)37(27)26-11-5-2-8-23(19)26/h2-18,27-29H,1H3,(H,36,40). The van der Waals surface area contributed by atoms with Gasteiger partial charge in [0.1, 0.15) is 11.5 Å². The fraction of sp³-hybridized carbons (Fsp3) is 0.152. The number of allylic oxidation sites excluding steroid dienone is 1. The number of nitrogens with zero attached hydrogens (tertiary/aromatic N) is 2. The predicted octanol–water partition coefficient (Wildman–Crippen LogP) is 5.98. The van der Waals surface area contributed by atoms with E-state index in [0.717, 1.165) is 16.8 Å². The first-order valence-electron chi connectivity index (χ1n) is 13.1. The van der Waals surface area contributed by atoms with E-state index in [1.165, 1.54) is 6.20 Å². The van der Waals surface area contributed by atoms with E-state index < -0.39 is 23.4 Å². The minimum Gasteiger partial charge on any atom is -0.352 e. The zero-order chi connectivity index (χ0) is 27.6. The summed E-state index contributed by atoms with van der Waals surface area (Å²) in [7, 11) is 0. The second kappa shape index (κ2) is 9.00. The van der Waals surface area contributed by atoms with Crippen molar-refractivity contribution in [2.45, 2.75) is 24.4 Å². The summed E-state index contributed by atoms with van der Waals surface area (Å²) in [6, 6.07) is 23.8. The van der Waals surface area contributed by atoms with Crippen LogP contribution < -0.4 is 10.2 Å². The minimum atomic E-state index is -1.36. The molecule has 4 unspecified atom stereocenters. The quantitative estimate of drug-likeness (QED) is 0.319. The molecular weight excluding hydrogens is 522 g/mol. The molecule has 0 bridgehead atoms. The lowest BCUT2D eigenvalue weighted by Gasteiger charge is -2.39. The Morgan fingerprint density at radius 1 is 0.900 bits per heavy atom. The number of rotatable bonds is 4. The highest BCUT2D eigenvalue weighted by molar-refractivity contribution is 6.30. The number of hydrogen-bond donors (Lipinski definition) is 1. The number of nitrogens with one attached hydrogen (secondary N) is 1. The lowest BCUT2D eigenvalue weighted by Crippen LogP contribution is -2.51. The van der Waals surface area contributed by atoms with Gasteiger partial charge in [0.2, 0.25) is 5.91 Å². The topological polar surface area (TPSA) is 79.4 Å². The molecule has 0 radical (unpaired) electrons. The van der Waals surface area contributed by atoms with Crippen LogP contribution in [0.25, 0.3) is 5.57 Å². The van der Waals surface area contributed by atoms with E-state index in [1.54, 1.807) is 42.6 Å². The smallest absolute Gasteiger partial charge is 0.238 e. The van der Waals surface area contributed by atoms with Crippen LogP contribution in [0.1, 0.15) is 38.8 Å². The molecule has 4 aromatic rings. The number of fused-ring (bicyclic) bond motifs is 6.